The van der Waals surface area contributed by atoms with Crippen LogP contribution in [-0.2, 0) is 0 Å². The molecule has 1 N–H and O–H groups in total. The van der Waals surface area contributed by atoms with Gasteiger partial charge in [-0.3, -0.25) is 0 Å². The van der Waals surface area contributed by atoms with E-state index in [1.807, 2.05) is 19.9 Å². The van der Waals surface area contributed by atoms with E-state index in [1.165, 1.54) is 13.2 Å². The fourth-order valence-corrected chi connectivity index (χ4v) is 1.40. The van der Waals surface area contributed by atoms with E-state index in [0.717, 1.165) is 17.7 Å². The van der Waals surface area contributed by atoms with Gasteiger partial charge in [-0.05, 0) is 31.5 Å². The van der Waals surface area contributed by atoms with Gasteiger partial charge < -0.3 is 10.1 Å². The summed E-state index contributed by atoms with van der Waals surface area (Å²) in [4.78, 5) is 0. The molecule has 0 aliphatic carbocycles. The summed E-state index contributed by atoms with van der Waals surface area (Å²) in [6.07, 6.45) is 0. The second-order valence-electron chi connectivity index (χ2n) is 3.95. The normalized spacial score (nSPS) is 12.2. The summed E-state index contributed by atoms with van der Waals surface area (Å²) in [7, 11) is 1.46. The van der Waals surface area contributed by atoms with Crippen molar-refractivity contribution in [2.45, 2.75) is 19.9 Å². The summed E-state index contributed by atoms with van der Waals surface area (Å²) in [5.74, 6) is -0.0557. The number of halogens is 1. The second-order valence-corrected chi connectivity index (χ2v) is 3.95. The third kappa shape index (κ3) is 3.35. The average Bonchev–Trinajstić information content (AvgIpc) is 2.25. The van der Waals surface area contributed by atoms with Crippen molar-refractivity contribution in [2.24, 2.45) is 0 Å². The summed E-state index contributed by atoms with van der Waals surface area (Å²) in [6.45, 7) is 8.48. The van der Waals surface area contributed by atoms with E-state index in [1.54, 1.807) is 6.07 Å². The van der Waals surface area contributed by atoms with E-state index >= 15 is 0 Å². The topological polar surface area (TPSA) is 21.3 Å². The molecular formula is C13H18FNO. The zero-order chi connectivity index (χ0) is 12.1. The Bertz CT molecular complexity index is 376. The van der Waals surface area contributed by atoms with Crippen LogP contribution in [0, 0.1) is 5.82 Å². The first-order valence-electron chi connectivity index (χ1n) is 5.25. The molecule has 1 aromatic carbocycles. The summed E-state index contributed by atoms with van der Waals surface area (Å²) in [5.41, 5.74) is 1.96. The molecule has 0 bridgehead atoms. The summed E-state index contributed by atoms with van der Waals surface area (Å²) in [5, 5.41) is 3.26. The van der Waals surface area contributed by atoms with E-state index in [-0.39, 0.29) is 17.6 Å². The third-order valence-corrected chi connectivity index (χ3v) is 2.39. The molecule has 0 spiro atoms. The van der Waals surface area contributed by atoms with Gasteiger partial charge in [0.05, 0.1) is 7.11 Å². The summed E-state index contributed by atoms with van der Waals surface area (Å²) in [6, 6.07) is 5.09. The van der Waals surface area contributed by atoms with Gasteiger partial charge in [-0.25, -0.2) is 4.39 Å². The molecule has 0 saturated carbocycles. The van der Waals surface area contributed by atoms with Crippen LogP contribution in [0.3, 0.4) is 0 Å². The molecule has 0 saturated heterocycles. The van der Waals surface area contributed by atoms with Gasteiger partial charge in [0.25, 0.3) is 0 Å². The van der Waals surface area contributed by atoms with Crippen LogP contribution in [0.15, 0.2) is 30.4 Å². The summed E-state index contributed by atoms with van der Waals surface area (Å²) < 4.78 is 18.3. The second kappa shape index (κ2) is 5.66. The van der Waals surface area contributed by atoms with Gasteiger partial charge in [0.2, 0.25) is 0 Å². The van der Waals surface area contributed by atoms with Crippen LogP contribution in [0.4, 0.5) is 4.39 Å². The van der Waals surface area contributed by atoms with Crippen molar-refractivity contribution >= 4 is 0 Å². The zero-order valence-corrected chi connectivity index (χ0v) is 10.0. The largest absolute Gasteiger partial charge is 0.494 e. The monoisotopic (exact) mass is 223 g/mol. The van der Waals surface area contributed by atoms with Crippen molar-refractivity contribution in [3.63, 3.8) is 0 Å². The number of nitrogens with one attached hydrogen (secondary N) is 1. The Morgan fingerprint density at radius 1 is 1.56 bits per heavy atom. The molecule has 88 valence electrons. The summed E-state index contributed by atoms with van der Waals surface area (Å²) >= 11 is 0. The highest BCUT2D eigenvalue weighted by Gasteiger charge is 2.08. The first-order chi connectivity index (χ1) is 7.54. The molecule has 0 aliphatic rings. The number of hydrogen-bond acceptors (Lipinski definition) is 2. The molecular weight excluding hydrogens is 205 g/mol. The molecule has 16 heavy (non-hydrogen) atoms. The van der Waals surface area contributed by atoms with Gasteiger partial charge in [-0.1, -0.05) is 18.2 Å². The molecule has 1 atom stereocenters. The first kappa shape index (κ1) is 12.7. The minimum Gasteiger partial charge on any atom is -0.494 e. The van der Waals surface area contributed by atoms with Crippen molar-refractivity contribution in [3.8, 4) is 5.75 Å². The Kier molecular flexibility index (Phi) is 4.50. The Hall–Kier alpha value is -1.35. The minimum absolute atomic E-state index is 0.0945. The molecule has 0 radical (unpaired) electrons. The standard InChI is InChI=1S/C13H18FNO/c1-9(2)8-15-10(3)11-5-6-13(16-4)12(14)7-11/h5-7,10,15H,1,8H2,2-4H3. The van der Waals surface area contributed by atoms with Crippen LogP contribution in [0.1, 0.15) is 25.5 Å². The molecule has 1 unspecified atom stereocenters. The molecule has 0 aromatic heterocycles. The van der Waals surface area contributed by atoms with Gasteiger partial charge in [0, 0.05) is 12.6 Å². The number of methoxy groups -OCH3 is 1. The predicted molar refractivity (Wildman–Crippen MR) is 64.2 cm³/mol. The van der Waals surface area contributed by atoms with Gasteiger partial charge in [0.1, 0.15) is 0 Å². The van der Waals surface area contributed by atoms with Crippen molar-refractivity contribution in [1.82, 2.24) is 5.32 Å². The third-order valence-electron chi connectivity index (χ3n) is 2.39. The molecule has 0 fully saturated rings. The fraction of sp³-hybridized carbons (Fsp3) is 0.385. The molecule has 1 aromatic rings. The van der Waals surface area contributed by atoms with Gasteiger partial charge >= 0.3 is 0 Å². The van der Waals surface area contributed by atoms with E-state index in [2.05, 4.69) is 11.9 Å². The molecule has 3 heteroatoms. The van der Waals surface area contributed by atoms with Crippen LogP contribution in [-0.4, -0.2) is 13.7 Å². The van der Waals surface area contributed by atoms with Crippen LogP contribution >= 0.6 is 0 Å². The Morgan fingerprint density at radius 2 is 2.25 bits per heavy atom. The molecule has 1 rings (SSSR count). The van der Waals surface area contributed by atoms with Gasteiger partial charge in [0.15, 0.2) is 11.6 Å². The van der Waals surface area contributed by atoms with Crippen molar-refractivity contribution in [3.05, 3.63) is 41.7 Å². The fourth-order valence-electron chi connectivity index (χ4n) is 1.40. The lowest BCUT2D eigenvalue weighted by Crippen LogP contribution is -2.20. The highest BCUT2D eigenvalue weighted by molar-refractivity contribution is 5.30. The van der Waals surface area contributed by atoms with E-state index in [0.29, 0.717) is 0 Å². The number of hydrogen-bond donors (Lipinski definition) is 1. The highest BCUT2D eigenvalue weighted by atomic mass is 19.1. The molecule has 0 amide bonds. The van der Waals surface area contributed by atoms with E-state index < -0.39 is 0 Å². The number of benzene rings is 1. The van der Waals surface area contributed by atoms with E-state index in [9.17, 15) is 4.39 Å². The maximum atomic E-state index is 13.4. The molecule has 2 nitrogen and oxygen atoms in total. The average molecular weight is 223 g/mol. The maximum Gasteiger partial charge on any atom is 0.165 e. The number of rotatable bonds is 5. The van der Waals surface area contributed by atoms with Crippen LogP contribution in [0.2, 0.25) is 0 Å². The van der Waals surface area contributed by atoms with Crippen LogP contribution < -0.4 is 10.1 Å². The zero-order valence-electron chi connectivity index (χ0n) is 10.0. The SMILES string of the molecule is C=C(C)CNC(C)c1ccc(OC)c(F)c1. The lowest BCUT2D eigenvalue weighted by Gasteiger charge is -2.15. The first-order valence-corrected chi connectivity index (χ1v) is 5.25. The maximum absolute atomic E-state index is 13.4. The smallest absolute Gasteiger partial charge is 0.165 e. The van der Waals surface area contributed by atoms with Crippen molar-refractivity contribution in [2.75, 3.05) is 13.7 Å². The lowest BCUT2D eigenvalue weighted by atomic mass is 10.1. The Labute approximate surface area is 96.1 Å². The lowest BCUT2D eigenvalue weighted by molar-refractivity contribution is 0.385. The quantitative estimate of drug-likeness (QED) is 0.775. The predicted octanol–water partition coefficient (Wildman–Crippen LogP) is 3.06. The number of ether oxygens (including phenoxy) is 1. The van der Waals surface area contributed by atoms with Crippen molar-refractivity contribution < 1.29 is 9.13 Å². The highest BCUT2D eigenvalue weighted by Crippen LogP contribution is 2.21. The van der Waals surface area contributed by atoms with Crippen LogP contribution in [0.5, 0.6) is 5.75 Å². The van der Waals surface area contributed by atoms with E-state index in [4.69, 9.17) is 4.74 Å². The Balaban J connectivity index is 2.72. The minimum atomic E-state index is -0.330. The van der Waals surface area contributed by atoms with Gasteiger partial charge in [-0.15, -0.1) is 0 Å². The van der Waals surface area contributed by atoms with Crippen LogP contribution in [0.25, 0.3) is 0 Å². The molecule has 0 heterocycles. The van der Waals surface area contributed by atoms with Gasteiger partial charge in [-0.2, -0.15) is 0 Å². The Morgan fingerprint density at radius 3 is 2.75 bits per heavy atom. The van der Waals surface area contributed by atoms with Crippen molar-refractivity contribution in [1.29, 1.82) is 0 Å². The molecule has 0 aliphatic heterocycles.